The van der Waals surface area contributed by atoms with Crippen LogP contribution >= 0.6 is 24.8 Å². The molecule has 1 amide bonds. The lowest BCUT2D eigenvalue weighted by Crippen LogP contribution is -2.44. The van der Waals surface area contributed by atoms with Gasteiger partial charge in [-0.2, -0.15) is 0 Å². The number of carbonyl (C=O) groups is 1. The summed E-state index contributed by atoms with van der Waals surface area (Å²) < 4.78 is 0. The molecule has 0 bridgehead atoms. The first kappa shape index (κ1) is 21.0. The van der Waals surface area contributed by atoms with Crippen molar-refractivity contribution in [3.8, 4) is 0 Å². The molecule has 1 atom stereocenters. The van der Waals surface area contributed by atoms with Gasteiger partial charge in [-0.15, -0.1) is 24.8 Å². The molecule has 2 heterocycles. The van der Waals surface area contributed by atoms with Gasteiger partial charge in [0.15, 0.2) is 0 Å². The zero-order valence-corrected chi connectivity index (χ0v) is 15.1. The van der Waals surface area contributed by atoms with Crippen LogP contribution in [-0.2, 0) is 4.79 Å². The van der Waals surface area contributed by atoms with E-state index in [2.05, 4.69) is 30.6 Å². The number of rotatable bonds is 3. The number of halogens is 2. The lowest BCUT2D eigenvalue weighted by Gasteiger charge is -2.35. The van der Waals surface area contributed by atoms with Crippen molar-refractivity contribution in [2.75, 3.05) is 32.7 Å². The van der Waals surface area contributed by atoms with E-state index in [9.17, 15) is 4.79 Å². The average Bonchev–Trinajstić information content (AvgIpc) is 2.81. The molecule has 6 heteroatoms. The van der Waals surface area contributed by atoms with E-state index in [-0.39, 0.29) is 36.1 Å². The van der Waals surface area contributed by atoms with Gasteiger partial charge in [-0.05, 0) is 58.2 Å². The lowest BCUT2D eigenvalue weighted by molar-refractivity contribution is -0.136. The fourth-order valence-electron chi connectivity index (χ4n) is 3.30. The van der Waals surface area contributed by atoms with Crippen molar-refractivity contribution >= 4 is 30.7 Å². The second-order valence-corrected chi connectivity index (χ2v) is 6.93. The summed E-state index contributed by atoms with van der Waals surface area (Å²) in [6.07, 6.45) is 3.10. The Labute approximate surface area is 141 Å². The van der Waals surface area contributed by atoms with Gasteiger partial charge in [0.1, 0.15) is 0 Å². The molecule has 4 nitrogen and oxygen atoms in total. The minimum atomic E-state index is 0. The van der Waals surface area contributed by atoms with Gasteiger partial charge in [0.25, 0.3) is 0 Å². The smallest absolute Gasteiger partial charge is 0.225 e. The van der Waals surface area contributed by atoms with Gasteiger partial charge >= 0.3 is 0 Å². The molecule has 21 heavy (non-hydrogen) atoms. The van der Waals surface area contributed by atoms with Crippen molar-refractivity contribution in [3.05, 3.63) is 0 Å². The molecule has 2 N–H and O–H groups in total. The molecule has 0 aliphatic carbocycles. The first-order valence-corrected chi connectivity index (χ1v) is 7.68. The van der Waals surface area contributed by atoms with Gasteiger partial charge in [0, 0.05) is 25.0 Å². The molecular weight excluding hydrogens is 309 g/mol. The normalized spacial score (nSPS) is 27.4. The molecule has 2 aliphatic rings. The maximum atomic E-state index is 12.5. The monoisotopic (exact) mass is 339 g/mol. The van der Waals surface area contributed by atoms with E-state index < -0.39 is 0 Å². The van der Waals surface area contributed by atoms with Crippen molar-refractivity contribution in [1.29, 1.82) is 0 Å². The van der Waals surface area contributed by atoms with Gasteiger partial charge in [0.05, 0.1) is 0 Å². The second-order valence-electron chi connectivity index (χ2n) is 6.93. The van der Waals surface area contributed by atoms with Gasteiger partial charge in [-0.3, -0.25) is 4.79 Å². The Kier molecular flexibility index (Phi) is 8.55. The van der Waals surface area contributed by atoms with Crippen molar-refractivity contribution in [1.82, 2.24) is 9.80 Å². The van der Waals surface area contributed by atoms with Crippen molar-refractivity contribution in [3.63, 3.8) is 0 Å². The summed E-state index contributed by atoms with van der Waals surface area (Å²) in [6, 6.07) is 0.600. The number of hydrogen-bond acceptors (Lipinski definition) is 3. The number of nitrogens with two attached hydrogens (primary N) is 1. The van der Waals surface area contributed by atoms with Crippen LogP contribution in [0.15, 0.2) is 0 Å². The Balaban J connectivity index is 0.00000200. The number of hydrogen-bond donors (Lipinski definition) is 1. The average molecular weight is 340 g/mol. The molecule has 2 fully saturated rings. The highest BCUT2D eigenvalue weighted by Gasteiger charge is 2.37. The highest BCUT2D eigenvalue weighted by molar-refractivity contribution is 5.85. The summed E-state index contributed by atoms with van der Waals surface area (Å²) in [6.45, 7) is 11.2. The van der Waals surface area contributed by atoms with E-state index in [1.54, 1.807) is 0 Å². The SMILES string of the molecule is CC(C)N1CCC(C(=O)N2CCC(C)(CN)C2)CC1.Cl.Cl. The van der Waals surface area contributed by atoms with Crippen LogP contribution in [0.25, 0.3) is 0 Å². The molecule has 126 valence electrons. The van der Waals surface area contributed by atoms with Crippen molar-refractivity contribution < 1.29 is 4.79 Å². The van der Waals surface area contributed by atoms with Crippen LogP contribution in [0.5, 0.6) is 0 Å². The largest absolute Gasteiger partial charge is 0.342 e. The molecule has 0 spiro atoms. The molecule has 0 aromatic carbocycles. The molecule has 2 aliphatic heterocycles. The molecular formula is C15H31Cl2N3O. The van der Waals surface area contributed by atoms with E-state index in [4.69, 9.17) is 5.73 Å². The van der Waals surface area contributed by atoms with Gasteiger partial charge in [-0.25, -0.2) is 0 Å². The summed E-state index contributed by atoms with van der Waals surface area (Å²) in [5.41, 5.74) is 5.96. The lowest BCUT2D eigenvalue weighted by atomic mass is 9.90. The molecule has 0 saturated carbocycles. The maximum absolute atomic E-state index is 12.5. The van der Waals surface area contributed by atoms with Crippen molar-refractivity contribution in [2.45, 2.75) is 46.1 Å². The molecule has 0 radical (unpaired) electrons. The number of nitrogens with zero attached hydrogens (tertiary/aromatic N) is 2. The third-order valence-corrected chi connectivity index (χ3v) is 4.97. The standard InChI is InChI=1S/C15H29N3O.2ClH/c1-12(2)17-7-4-13(5-8-17)14(19)18-9-6-15(3,10-16)11-18;;/h12-13H,4-11,16H2,1-3H3;2*1H. The number of likely N-dealkylation sites (tertiary alicyclic amines) is 2. The molecule has 0 aromatic heterocycles. The predicted octanol–water partition coefficient (Wildman–Crippen LogP) is 2.15. The van der Waals surface area contributed by atoms with Crippen molar-refractivity contribution in [2.24, 2.45) is 17.1 Å². The van der Waals surface area contributed by atoms with Crippen LogP contribution < -0.4 is 5.73 Å². The van der Waals surface area contributed by atoms with Gasteiger partial charge in [-0.1, -0.05) is 6.92 Å². The van der Waals surface area contributed by atoms with Crippen LogP contribution in [0, 0.1) is 11.3 Å². The summed E-state index contributed by atoms with van der Waals surface area (Å²) >= 11 is 0. The van der Waals surface area contributed by atoms with Gasteiger partial charge in [0.2, 0.25) is 5.91 Å². The Morgan fingerprint density at radius 3 is 2.24 bits per heavy atom. The summed E-state index contributed by atoms with van der Waals surface area (Å²) in [5.74, 6) is 0.621. The Morgan fingerprint density at radius 2 is 1.81 bits per heavy atom. The fourth-order valence-corrected chi connectivity index (χ4v) is 3.30. The minimum Gasteiger partial charge on any atom is -0.342 e. The predicted molar refractivity (Wildman–Crippen MR) is 92.3 cm³/mol. The fraction of sp³-hybridized carbons (Fsp3) is 0.933. The third kappa shape index (κ3) is 4.98. The van der Waals surface area contributed by atoms with Crippen LogP contribution in [0.1, 0.15) is 40.0 Å². The van der Waals surface area contributed by atoms with Crippen LogP contribution in [-0.4, -0.2) is 54.5 Å². The quantitative estimate of drug-likeness (QED) is 0.856. The van der Waals surface area contributed by atoms with Crippen LogP contribution in [0.3, 0.4) is 0 Å². The molecule has 0 aromatic rings. The van der Waals surface area contributed by atoms with E-state index in [0.29, 0.717) is 18.5 Å². The van der Waals surface area contributed by atoms with Gasteiger partial charge < -0.3 is 15.5 Å². The first-order valence-electron chi connectivity index (χ1n) is 7.68. The highest BCUT2D eigenvalue weighted by atomic mass is 35.5. The zero-order chi connectivity index (χ0) is 14.0. The number of carbonyl (C=O) groups excluding carboxylic acids is 1. The first-order chi connectivity index (χ1) is 8.95. The van der Waals surface area contributed by atoms with E-state index in [1.807, 2.05) is 0 Å². The Morgan fingerprint density at radius 1 is 1.24 bits per heavy atom. The third-order valence-electron chi connectivity index (χ3n) is 4.97. The zero-order valence-electron chi connectivity index (χ0n) is 13.5. The topological polar surface area (TPSA) is 49.6 Å². The Bertz CT molecular complexity index is 333. The summed E-state index contributed by atoms with van der Waals surface area (Å²) in [4.78, 5) is 17.1. The summed E-state index contributed by atoms with van der Waals surface area (Å²) in [5, 5.41) is 0. The minimum absolute atomic E-state index is 0. The highest BCUT2D eigenvalue weighted by Crippen LogP contribution is 2.31. The second kappa shape index (κ2) is 8.56. The molecule has 2 rings (SSSR count). The van der Waals surface area contributed by atoms with Crippen LogP contribution in [0.2, 0.25) is 0 Å². The maximum Gasteiger partial charge on any atom is 0.225 e. The van der Waals surface area contributed by atoms with Crippen LogP contribution in [0.4, 0.5) is 0 Å². The molecule has 1 unspecified atom stereocenters. The molecule has 2 saturated heterocycles. The number of piperidine rings is 1. The van der Waals surface area contributed by atoms with E-state index in [0.717, 1.165) is 45.4 Å². The summed E-state index contributed by atoms with van der Waals surface area (Å²) in [7, 11) is 0. The van der Waals surface area contributed by atoms with E-state index in [1.165, 1.54) is 0 Å². The Hall–Kier alpha value is -0.0300. The number of amides is 1. The van der Waals surface area contributed by atoms with E-state index >= 15 is 0 Å².